The van der Waals surface area contributed by atoms with Crippen LogP contribution >= 0.6 is 0 Å². The third-order valence-electron chi connectivity index (χ3n) is 2.00. The smallest absolute Gasteiger partial charge is 0.209 e. The van der Waals surface area contributed by atoms with E-state index in [4.69, 9.17) is 9.26 Å². The average Bonchev–Trinajstić information content (AvgIpc) is 2.72. The van der Waals surface area contributed by atoms with E-state index in [0.717, 1.165) is 26.2 Å². The molecule has 2 rings (SSSR count). The topological polar surface area (TPSA) is 47.3 Å². The van der Waals surface area contributed by atoms with Crippen LogP contribution in [0.5, 0.6) is 0 Å². The molecule has 0 saturated carbocycles. The first-order valence-corrected chi connectivity index (χ1v) is 4.66. The van der Waals surface area contributed by atoms with E-state index in [0.29, 0.717) is 11.8 Å². The summed E-state index contributed by atoms with van der Waals surface area (Å²) in [4.78, 5) is 0. The minimum Gasteiger partial charge on any atom is -0.378 e. The van der Waals surface area contributed by atoms with Gasteiger partial charge in [-0.1, -0.05) is 11.1 Å². The molecule has 0 aromatic carbocycles. The predicted molar refractivity (Wildman–Crippen MR) is 50.6 cm³/mol. The molecule has 1 aromatic heterocycles. The Bertz CT molecular complexity index is 318. The minimum absolute atomic E-state index is 0.346. The first kappa shape index (κ1) is 9.25. The second-order valence-electron chi connectivity index (χ2n) is 3.11. The van der Waals surface area contributed by atoms with Crippen molar-refractivity contribution in [2.24, 2.45) is 0 Å². The van der Waals surface area contributed by atoms with Gasteiger partial charge in [0.15, 0.2) is 0 Å². The summed E-state index contributed by atoms with van der Waals surface area (Å²) in [5.41, 5.74) is 0. The van der Waals surface area contributed by atoms with E-state index in [1.54, 1.807) is 12.3 Å². The van der Waals surface area contributed by atoms with Crippen molar-refractivity contribution in [1.29, 1.82) is 0 Å². The summed E-state index contributed by atoms with van der Waals surface area (Å²) >= 11 is 0. The molecule has 14 heavy (non-hydrogen) atoms. The van der Waals surface area contributed by atoms with Crippen molar-refractivity contribution in [2.75, 3.05) is 19.8 Å². The SMILES string of the molecule is C(#Cc1ccno1)CC1COCCN1. The van der Waals surface area contributed by atoms with Crippen LogP contribution in [0, 0.1) is 11.8 Å². The Morgan fingerprint density at radius 1 is 1.64 bits per heavy atom. The molecule has 1 N–H and O–H groups in total. The highest BCUT2D eigenvalue weighted by atomic mass is 16.5. The van der Waals surface area contributed by atoms with Gasteiger partial charge in [-0.3, -0.25) is 0 Å². The first-order valence-electron chi connectivity index (χ1n) is 4.66. The van der Waals surface area contributed by atoms with Gasteiger partial charge in [0, 0.05) is 25.1 Å². The van der Waals surface area contributed by atoms with Crippen LogP contribution in [0.4, 0.5) is 0 Å². The summed E-state index contributed by atoms with van der Waals surface area (Å²) in [7, 11) is 0. The van der Waals surface area contributed by atoms with Gasteiger partial charge >= 0.3 is 0 Å². The largest absolute Gasteiger partial charge is 0.378 e. The van der Waals surface area contributed by atoms with Crippen LogP contribution in [0.15, 0.2) is 16.8 Å². The zero-order valence-corrected chi connectivity index (χ0v) is 7.82. The number of morpholine rings is 1. The number of nitrogens with zero attached hydrogens (tertiary/aromatic N) is 1. The number of ether oxygens (including phenoxy) is 1. The van der Waals surface area contributed by atoms with Gasteiger partial charge < -0.3 is 14.6 Å². The molecule has 1 atom stereocenters. The van der Waals surface area contributed by atoms with Crippen LogP contribution in [0.1, 0.15) is 12.2 Å². The fourth-order valence-electron chi connectivity index (χ4n) is 1.29. The second kappa shape index (κ2) is 4.80. The molecule has 4 nitrogen and oxygen atoms in total. The monoisotopic (exact) mass is 192 g/mol. The molecule has 1 saturated heterocycles. The number of hydrogen-bond donors (Lipinski definition) is 1. The van der Waals surface area contributed by atoms with Crippen LogP contribution < -0.4 is 5.32 Å². The van der Waals surface area contributed by atoms with Gasteiger partial charge in [-0.2, -0.15) is 0 Å². The van der Waals surface area contributed by atoms with E-state index in [1.807, 2.05) is 0 Å². The van der Waals surface area contributed by atoms with Crippen molar-refractivity contribution in [3.8, 4) is 11.8 Å². The van der Waals surface area contributed by atoms with Gasteiger partial charge in [0.1, 0.15) is 0 Å². The number of nitrogens with one attached hydrogen (secondary N) is 1. The third-order valence-corrected chi connectivity index (χ3v) is 2.00. The first-order chi connectivity index (χ1) is 6.95. The molecule has 1 aliphatic rings. The summed E-state index contributed by atoms with van der Waals surface area (Å²) in [6.07, 6.45) is 2.37. The van der Waals surface area contributed by atoms with Crippen LogP contribution in [-0.2, 0) is 4.74 Å². The fourth-order valence-corrected chi connectivity index (χ4v) is 1.29. The number of aromatic nitrogens is 1. The van der Waals surface area contributed by atoms with E-state index in [9.17, 15) is 0 Å². The zero-order valence-electron chi connectivity index (χ0n) is 7.82. The van der Waals surface area contributed by atoms with E-state index in [-0.39, 0.29) is 0 Å². The molecule has 2 heterocycles. The van der Waals surface area contributed by atoms with Crippen molar-refractivity contribution in [2.45, 2.75) is 12.5 Å². The molecule has 0 bridgehead atoms. The molecule has 74 valence electrons. The van der Waals surface area contributed by atoms with Crippen molar-refractivity contribution in [1.82, 2.24) is 10.5 Å². The van der Waals surface area contributed by atoms with E-state index in [2.05, 4.69) is 22.3 Å². The lowest BCUT2D eigenvalue weighted by Gasteiger charge is -2.21. The maximum Gasteiger partial charge on any atom is 0.209 e. The molecule has 1 fully saturated rings. The Labute approximate surface area is 82.6 Å². The van der Waals surface area contributed by atoms with Gasteiger partial charge in [-0.15, -0.1) is 0 Å². The molecule has 1 aliphatic heterocycles. The van der Waals surface area contributed by atoms with Crippen LogP contribution in [0.25, 0.3) is 0 Å². The van der Waals surface area contributed by atoms with Crippen molar-refractivity contribution < 1.29 is 9.26 Å². The summed E-state index contributed by atoms with van der Waals surface area (Å²) in [5.74, 6) is 6.54. The molecule has 1 unspecified atom stereocenters. The van der Waals surface area contributed by atoms with E-state index >= 15 is 0 Å². The highest BCUT2D eigenvalue weighted by Crippen LogP contribution is 1.98. The Kier molecular flexibility index (Phi) is 3.17. The average molecular weight is 192 g/mol. The molecule has 1 aromatic rings. The molecule has 0 spiro atoms. The van der Waals surface area contributed by atoms with Crippen LogP contribution in [0.2, 0.25) is 0 Å². The van der Waals surface area contributed by atoms with E-state index in [1.165, 1.54) is 0 Å². The van der Waals surface area contributed by atoms with Gasteiger partial charge in [-0.25, -0.2) is 0 Å². The van der Waals surface area contributed by atoms with Crippen LogP contribution in [0.3, 0.4) is 0 Å². The minimum atomic E-state index is 0.346. The van der Waals surface area contributed by atoms with Crippen LogP contribution in [-0.4, -0.2) is 31.0 Å². The molecular formula is C10H12N2O2. The fraction of sp³-hybridized carbons (Fsp3) is 0.500. The lowest BCUT2D eigenvalue weighted by Crippen LogP contribution is -2.40. The molecule has 0 aliphatic carbocycles. The molecule has 0 amide bonds. The third kappa shape index (κ3) is 2.59. The summed E-state index contributed by atoms with van der Waals surface area (Å²) in [6.45, 7) is 2.45. The van der Waals surface area contributed by atoms with E-state index < -0.39 is 0 Å². The molecule has 0 radical (unpaired) electrons. The molecule has 4 heteroatoms. The standard InChI is InChI=1S/C10H12N2O2/c1(3-10-4-5-12-14-10)2-9-8-13-7-6-11-9/h4-5,9,11H,2,6-8H2. The van der Waals surface area contributed by atoms with Gasteiger partial charge in [0.05, 0.1) is 19.4 Å². The highest BCUT2D eigenvalue weighted by molar-refractivity contribution is 5.23. The van der Waals surface area contributed by atoms with Gasteiger partial charge in [0.25, 0.3) is 0 Å². The Hall–Kier alpha value is -1.31. The predicted octanol–water partition coefficient (Wildman–Crippen LogP) is 0.405. The van der Waals surface area contributed by atoms with Crippen molar-refractivity contribution in [3.05, 3.63) is 18.0 Å². The number of rotatable bonds is 1. The number of hydrogen-bond acceptors (Lipinski definition) is 4. The summed E-state index contributed by atoms with van der Waals surface area (Å²) in [5, 5.41) is 6.90. The summed E-state index contributed by atoms with van der Waals surface area (Å²) < 4.78 is 10.2. The van der Waals surface area contributed by atoms with Gasteiger partial charge in [0.2, 0.25) is 5.76 Å². The van der Waals surface area contributed by atoms with Crippen molar-refractivity contribution in [3.63, 3.8) is 0 Å². The maximum atomic E-state index is 5.30. The quantitative estimate of drug-likeness (QED) is 0.654. The lowest BCUT2D eigenvalue weighted by molar-refractivity contribution is 0.0784. The Morgan fingerprint density at radius 3 is 3.36 bits per heavy atom. The Morgan fingerprint density at radius 2 is 2.64 bits per heavy atom. The van der Waals surface area contributed by atoms with Crippen molar-refractivity contribution >= 4 is 0 Å². The molecular weight excluding hydrogens is 180 g/mol. The highest BCUT2D eigenvalue weighted by Gasteiger charge is 2.10. The Balaban J connectivity index is 1.80. The maximum absolute atomic E-state index is 5.30. The second-order valence-corrected chi connectivity index (χ2v) is 3.11. The lowest BCUT2D eigenvalue weighted by atomic mass is 10.2. The van der Waals surface area contributed by atoms with Gasteiger partial charge in [-0.05, 0) is 5.92 Å². The summed E-state index contributed by atoms with van der Waals surface area (Å²) in [6, 6.07) is 2.09. The zero-order chi connectivity index (χ0) is 9.64. The normalized spacial score (nSPS) is 21.3.